The number of hydrogen-bond donors (Lipinski definition) is 3. The average molecular weight is 515 g/mol. The number of β-amino-alcohol motifs (C(OH)–C–C–N with tert-alkyl or cyclic N) is 1. The molecule has 0 aliphatic carbocycles. The van der Waals surface area contributed by atoms with Gasteiger partial charge < -0.3 is 19.6 Å². The van der Waals surface area contributed by atoms with Crippen LogP contribution in [0.2, 0.25) is 0 Å². The summed E-state index contributed by atoms with van der Waals surface area (Å²) in [7, 11) is 0. The summed E-state index contributed by atoms with van der Waals surface area (Å²) in [5.74, 6) is -0.787. The maximum absolute atomic E-state index is 13.2. The third-order valence-corrected chi connectivity index (χ3v) is 8.20. The number of rotatable bonds is 7. The molecule has 6 rings (SSSR count). The van der Waals surface area contributed by atoms with Crippen molar-refractivity contribution >= 4 is 56.5 Å². The fraction of sp³-hybridized carbons (Fsp3) is 0.310. The Kier molecular flexibility index (Phi) is 6.40. The summed E-state index contributed by atoms with van der Waals surface area (Å²) in [5.41, 5.74) is 4.01. The smallest absolute Gasteiger partial charge is 0.259 e. The number of piperidine rings is 1. The Hall–Kier alpha value is -3.33. The number of aromatic nitrogens is 2. The van der Waals surface area contributed by atoms with Crippen LogP contribution in [0.1, 0.15) is 30.4 Å². The molecule has 2 aliphatic rings. The lowest BCUT2D eigenvalue weighted by Crippen LogP contribution is -2.37. The van der Waals surface area contributed by atoms with Gasteiger partial charge in [-0.2, -0.15) is 0 Å². The van der Waals surface area contributed by atoms with Crippen LogP contribution in [0, 0.1) is 0 Å². The second-order valence-corrected chi connectivity index (χ2v) is 10.8. The normalized spacial score (nSPS) is 17.8. The second-order valence-electron chi connectivity index (χ2n) is 9.87. The van der Waals surface area contributed by atoms with Crippen molar-refractivity contribution in [2.75, 3.05) is 25.9 Å². The molecule has 2 aromatic heterocycles. The summed E-state index contributed by atoms with van der Waals surface area (Å²) in [6, 6.07) is 13.9. The predicted molar refractivity (Wildman–Crippen MR) is 148 cm³/mol. The van der Waals surface area contributed by atoms with Crippen molar-refractivity contribution in [2.24, 2.45) is 0 Å². The summed E-state index contributed by atoms with van der Waals surface area (Å²) >= 11 is 1.63. The van der Waals surface area contributed by atoms with E-state index in [1.165, 1.54) is 19.3 Å². The van der Waals surface area contributed by atoms with Gasteiger partial charge in [-0.05, 0) is 56.5 Å². The number of amides is 2. The molecule has 0 bridgehead atoms. The maximum Gasteiger partial charge on any atom is 0.259 e. The van der Waals surface area contributed by atoms with Gasteiger partial charge in [0.15, 0.2) is 0 Å². The monoisotopic (exact) mass is 514 g/mol. The number of nitrogens with zero attached hydrogens (tertiary/aromatic N) is 2. The molecule has 2 amide bonds. The van der Waals surface area contributed by atoms with E-state index >= 15 is 0 Å². The maximum atomic E-state index is 13.2. The predicted octanol–water partition coefficient (Wildman–Crippen LogP) is 4.26. The van der Waals surface area contributed by atoms with E-state index < -0.39 is 17.9 Å². The van der Waals surface area contributed by atoms with E-state index in [9.17, 15) is 14.7 Å². The minimum Gasteiger partial charge on any atom is -0.390 e. The number of likely N-dealkylation sites (tertiary alicyclic amines) is 1. The number of benzene rings is 2. The highest BCUT2D eigenvalue weighted by Gasteiger charge is 2.35. The lowest BCUT2D eigenvalue weighted by atomic mass is 9.95. The fourth-order valence-corrected chi connectivity index (χ4v) is 6.17. The Balaban J connectivity index is 1.47. The van der Waals surface area contributed by atoms with Crippen LogP contribution in [0.3, 0.4) is 0 Å². The van der Waals surface area contributed by atoms with Crippen molar-refractivity contribution in [1.82, 2.24) is 19.8 Å². The number of thioether (sulfide) groups is 1. The molecule has 8 heteroatoms. The number of H-pyrrole nitrogens is 1. The van der Waals surface area contributed by atoms with Gasteiger partial charge in [-0.1, -0.05) is 24.6 Å². The number of carbonyl (C=O) groups is 2. The van der Waals surface area contributed by atoms with Gasteiger partial charge in [-0.25, -0.2) is 0 Å². The number of nitrogens with one attached hydrogen (secondary N) is 2. The Morgan fingerprint density at radius 2 is 1.70 bits per heavy atom. The Bertz CT molecular complexity index is 1540. The molecule has 4 aromatic rings. The summed E-state index contributed by atoms with van der Waals surface area (Å²) in [4.78, 5) is 33.0. The summed E-state index contributed by atoms with van der Waals surface area (Å²) in [6.45, 7) is 3.08. The molecular formula is C29H30N4O3S. The Morgan fingerprint density at radius 3 is 2.49 bits per heavy atom. The van der Waals surface area contributed by atoms with Gasteiger partial charge in [0.1, 0.15) is 0 Å². The van der Waals surface area contributed by atoms with Crippen molar-refractivity contribution in [1.29, 1.82) is 0 Å². The topological polar surface area (TPSA) is 90.4 Å². The second kappa shape index (κ2) is 9.85. The number of imide groups is 1. The number of hydrogen-bond acceptors (Lipinski definition) is 5. The Labute approximate surface area is 219 Å². The number of para-hydroxylation sites is 1. The van der Waals surface area contributed by atoms with Crippen LogP contribution in [0.15, 0.2) is 59.8 Å². The van der Waals surface area contributed by atoms with Crippen molar-refractivity contribution in [3.63, 3.8) is 0 Å². The molecule has 2 aliphatic heterocycles. The number of fused-ring (bicyclic) bond motifs is 2. The SMILES string of the molecule is CSc1ccc2c(c1)c(C1=C(c3c[nH]c4ccccc34)C(=O)NC1=O)cn2CC(O)CN1CCCCC1. The first-order chi connectivity index (χ1) is 18.0. The lowest BCUT2D eigenvalue weighted by molar-refractivity contribution is -0.122. The number of carbonyl (C=O) groups excluding carboxylic acids is 2. The van der Waals surface area contributed by atoms with Gasteiger partial charge in [0.05, 0.1) is 17.3 Å². The van der Waals surface area contributed by atoms with E-state index in [0.717, 1.165) is 39.8 Å². The molecule has 1 fully saturated rings. The van der Waals surface area contributed by atoms with Gasteiger partial charge in [0.2, 0.25) is 0 Å². The lowest BCUT2D eigenvalue weighted by Gasteiger charge is -2.28. The van der Waals surface area contributed by atoms with Crippen LogP contribution in [-0.4, -0.2) is 63.4 Å². The van der Waals surface area contributed by atoms with Gasteiger partial charge in [-0.3, -0.25) is 14.9 Å². The molecule has 0 saturated carbocycles. The van der Waals surface area contributed by atoms with Gasteiger partial charge >= 0.3 is 0 Å². The molecule has 1 atom stereocenters. The summed E-state index contributed by atoms with van der Waals surface area (Å²) in [5, 5.41) is 15.3. The first-order valence-corrected chi connectivity index (χ1v) is 14.0. The summed E-state index contributed by atoms with van der Waals surface area (Å²) in [6.07, 6.45) is 8.81. The minimum atomic E-state index is -0.539. The molecular weight excluding hydrogens is 484 g/mol. The van der Waals surface area contributed by atoms with Crippen LogP contribution in [-0.2, 0) is 16.1 Å². The third-order valence-electron chi connectivity index (χ3n) is 7.47. The molecule has 4 heterocycles. The molecule has 1 unspecified atom stereocenters. The molecule has 1 saturated heterocycles. The summed E-state index contributed by atoms with van der Waals surface area (Å²) < 4.78 is 2.03. The zero-order valence-corrected chi connectivity index (χ0v) is 21.6. The fourth-order valence-electron chi connectivity index (χ4n) is 5.73. The van der Waals surface area contributed by atoms with Crippen molar-refractivity contribution in [2.45, 2.75) is 36.8 Å². The molecule has 0 radical (unpaired) electrons. The van der Waals surface area contributed by atoms with E-state index in [1.54, 1.807) is 18.0 Å². The van der Waals surface area contributed by atoms with Crippen LogP contribution in [0.25, 0.3) is 33.0 Å². The molecule has 37 heavy (non-hydrogen) atoms. The highest BCUT2D eigenvalue weighted by Crippen LogP contribution is 2.39. The standard InChI is InChI=1S/C29H30N4O3S/c1-37-19-9-10-25-21(13-19)23(17-33(25)16-18(34)15-32-11-5-2-6-12-32)27-26(28(35)31-29(27)36)22-14-30-24-8-4-3-7-20(22)24/h3-4,7-10,13-14,17-18,30,34H,2,5-6,11-12,15-16H2,1H3,(H,31,35,36). The largest absolute Gasteiger partial charge is 0.390 e. The quantitative estimate of drug-likeness (QED) is 0.253. The van der Waals surface area contributed by atoms with Crippen molar-refractivity contribution in [3.8, 4) is 0 Å². The van der Waals surface area contributed by atoms with Gasteiger partial charge in [0.25, 0.3) is 11.8 Å². The van der Waals surface area contributed by atoms with Crippen LogP contribution >= 0.6 is 11.8 Å². The third kappa shape index (κ3) is 4.39. The van der Waals surface area contributed by atoms with E-state index in [0.29, 0.717) is 35.4 Å². The average Bonchev–Trinajstić information content (AvgIpc) is 3.56. The molecule has 2 aromatic carbocycles. The molecule has 0 spiro atoms. The first kappa shape index (κ1) is 24.0. The van der Waals surface area contributed by atoms with E-state index in [2.05, 4.69) is 27.3 Å². The van der Waals surface area contributed by atoms with Crippen molar-refractivity contribution in [3.05, 3.63) is 66.0 Å². The first-order valence-electron chi connectivity index (χ1n) is 12.8. The zero-order valence-electron chi connectivity index (χ0n) is 20.8. The number of aliphatic hydroxyl groups excluding tert-OH is 1. The van der Waals surface area contributed by atoms with Crippen LogP contribution in [0.4, 0.5) is 0 Å². The van der Waals surface area contributed by atoms with E-state index in [-0.39, 0.29) is 0 Å². The highest BCUT2D eigenvalue weighted by atomic mass is 32.2. The van der Waals surface area contributed by atoms with Crippen LogP contribution in [0.5, 0.6) is 0 Å². The van der Waals surface area contributed by atoms with Crippen molar-refractivity contribution < 1.29 is 14.7 Å². The number of aromatic amines is 1. The van der Waals surface area contributed by atoms with Gasteiger partial charge in [-0.15, -0.1) is 11.8 Å². The number of aliphatic hydroxyl groups is 1. The van der Waals surface area contributed by atoms with E-state index in [4.69, 9.17) is 0 Å². The van der Waals surface area contributed by atoms with Gasteiger partial charge in [0, 0.05) is 63.3 Å². The minimum absolute atomic E-state index is 0.377. The zero-order chi connectivity index (χ0) is 25.5. The highest BCUT2D eigenvalue weighted by molar-refractivity contribution is 7.98. The molecule has 7 nitrogen and oxygen atoms in total. The Morgan fingerprint density at radius 1 is 0.946 bits per heavy atom. The van der Waals surface area contributed by atoms with Crippen LogP contribution < -0.4 is 5.32 Å². The van der Waals surface area contributed by atoms with E-state index in [1.807, 2.05) is 47.4 Å². The molecule has 3 N–H and O–H groups in total. The molecule has 190 valence electrons.